The van der Waals surface area contributed by atoms with Crippen molar-refractivity contribution in [2.24, 2.45) is 5.92 Å². The second-order valence-electron chi connectivity index (χ2n) is 6.29. The summed E-state index contributed by atoms with van der Waals surface area (Å²) in [6, 6.07) is 9.68. The summed E-state index contributed by atoms with van der Waals surface area (Å²) < 4.78 is 6.84. The van der Waals surface area contributed by atoms with Crippen LogP contribution in [0, 0.1) is 5.92 Å². The second kappa shape index (κ2) is 8.51. The summed E-state index contributed by atoms with van der Waals surface area (Å²) >= 11 is 0. The largest absolute Gasteiger partial charge is 0.466 e. The molecule has 1 aliphatic heterocycles. The molecule has 138 valence electrons. The summed E-state index contributed by atoms with van der Waals surface area (Å²) in [6.07, 6.45) is 4.94. The van der Waals surface area contributed by atoms with Crippen LogP contribution in [-0.4, -0.2) is 46.4 Å². The molecule has 0 saturated carbocycles. The smallest absolute Gasteiger partial charge is 0.317 e. The Kier molecular flexibility index (Phi) is 5.88. The van der Waals surface area contributed by atoms with Crippen molar-refractivity contribution < 1.29 is 14.3 Å². The number of esters is 1. The summed E-state index contributed by atoms with van der Waals surface area (Å²) in [4.78, 5) is 25.8. The average Bonchev–Trinajstić information content (AvgIpc) is 3.21. The first-order valence-corrected chi connectivity index (χ1v) is 8.95. The van der Waals surface area contributed by atoms with Crippen molar-refractivity contribution in [1.29, 1.82) is 0 Å². The zero-order valence-electron chi connectivity index (χ0n) is 14.9. The Morgan fingerprint density at radius 2 is 1.96 bits per heavy atom. The fourth-order valence-electron chi connectivity index (χ4n) is 3.06. The third-order valence-corrected chi connectivity index (χ3v) is 4.55. The number of hydrogen-bond donors (Lipinski definition) is 1. The van der Waals surface area contributed by atoms with Crippen molar-refractivity contribution in [3.8, 4) is 5.69 Å². The zero-order valence-corrected chi connectivity index (χ0v) is 14.9. The molecule has 1 aromatic heterocycles. The van der Waals surface area contributed by atoms with E-state index in [-0.39, 0.29) is 17.9 Å². The van der Waals surface area contributed by atoms with Gasteiger partial charge in [0, 0.05) is 32.0 Å². The van der Waals surface area contributed by atoms with Crippen molar-refractivity contribution in [3.63, 3.8) is 0 Å². The van der Waals surface area contributed by atoms with Crippen LogP contribution in [0.5, 0.6) is 0 Å². The van der Waals surface area contributed by atoms with Gasteiger partial charge < -0.3 is 15.0 Å². The Balaban J connectivity index is 1.45. The van der Waals surface area contributed by atoms with E-state index in [1.165, 1.54) is 0 Å². The third-order valence-electron chi connectivity index (χ3n) is 4.55. The number of benzene rings is 1. The lowest BCUT2D eigenvalue weighted by Crippen LogP contribution is -2.45. The van der Waals surface area contributed by atoms with E-state index in [0.29, 0.717) is 39.1 Å². The Bertz CT molecular complexity index is 720. The molecule has 0 radical (unpaired) electrons. The van der Waals surface area contributed by atoms with Crippen LogP contribution in [0.15, 0.2) is 42.7 Å². The number of amides is 2. The number of rotatable bonds is 5. The van der Waals surface area contributed by atoms with E-state index < -0.39 is 0 Å². The lowest BCUT2D eigenvalue weighted by atomic mass is 9.97. The van der Waals surface area contributed by atoms with Crippen molar-refractivity contribution in [3.05, 3.63) is 48.3 Å². The molecular weight excluding hydrogens is 332 g/mol. The Hall–Kier alpha value is -2.83. The van der Waals surface area contributed by atoms with Gasteiger partial charge in [0.15, 0.2) is 0 Å². The molecule has 2 heterocycles. The van der Waals surface area contributed by atoms with E-state index in [0.717, 1.165) is 11.3 Å². The molecule has 2 amide bonds. The van der Waals surface area contributed by atoms with Crippen LogP contribution < -0.4 is 5.32 Å². The monoisotopic (exact) mass is 356 g/mol. The van der Waals surface area contributed by atoms with E-state index >= 15 is 0 Å². The third kappa shape index (κ3) is 4.41. The van der Waals surface area contributed by atoms with Gasteiger partial charge in [-0.2, -0.15) is 5.10 Å². The molecule has 1 fully saturated rings. The number of hydrogen-bond acceptors (Lipinski definition) is 4. The molecule has 7 heteroatoms. The average molecular weight is 356 g/mol. The van der Waals surface area contributed by atoms with Gasteiger partial charge in [-0.3, -0.25) is 4.79 Å². The molecule has 7 nitrogen and oxygen atoms in total. The summed E-state index contributed by atoms with van der Waals surface area (Å²) in [5.41, 5.74) is 2.00. The molecule has 0 bridgehead atoms. The molecule has 0 unspecified atom stereocenters. The lowest BCUT2D eigenvalue weighted by molar-refractivity contribution is -0.149. The predicted octanol–water partition coefficient (Wildman–Crippen LogP) is 2.36. The van der Waals surface area contributed by atoms with Crippen LogP contribution in [0.25, 0.3) is 5.69 Å². The fourth-order valence-corrected chi connectivity index (χ4v) is 3.06. The topological polar surface area (TPSA) is 76.5 Å². The first-order chi connectivity index (χ1) is 12.7. The van der Waals surface area contributed by atoms with Crippen LogP contribution >= 0.6 is 0 Å². The van der Waals surface area contributed by atoms with Crippen molar-refractivity contribution >= 4 is 12.0 Å². The minimum Gasteiger partial charge on any atom is -0.466 e. The van der Waals surface area contributed by atoms with Gasteiger partial charge in [0.2, 0.25) is 0 Å². The predicted molar refractivity (Wildman–Crippen MR) is 96.7 cm³/mol. The number of urea groups is 1. The molecule has 2 aromatic rings. The molecule has 1 saturated heterocycles. The van der Waals surface area contributed by atoms with Crippen LogP contribution in [0.1, 0.15) is 25.3 Å². The SMILES string of the molecule is CCOC(=O)C1CCN(C(=O)NCc2ccc(-n3cccn3)cc2)CC1. The molecule has 26 heavy (non-hydrogen) atoms. The van der Waals surface area contributed by atoms with Gasteiger partial charge in [0.1, 0.15) is 0 Å². The number of carbonyl (C=O) groups excluding carboxylic acids is 2. The molecule has 1 aliphatic rings. The standard InChI is InChI=1S/C19H24N4O3/c1-2-26-18(24)16-8-12-22(13-9-16)19(25)20-14-15-4-6-17(7-5-15)23-11-3-10-21-23/h3-7,10-11,16H,2,8-9,12-14H2,1H3,(H,20,25). The Morgan fingerprint density at radius 3 is 2.58 bits per heavy atom. The minimum absolute atomic E-state index is 0.0890. The summed E-state index contributed by atoms with van der Waals surface area (Å²) in [7, 11) is 0. The number of nitrogens with one attached hydrogen (secondary N) is 1. The molecule has 1 N–H and O–H groups in total. The van der Waals surface area contributed by atoms with E-state index in [4.69, 9.17) is 4.74 Å². The molecular formula is C19H24N4O3. The molecule has 3 rings (SSSR count). The maximum Gasteiger partial charge on any atom is 0.317 e. The number of carbonyl (C=O) groups is 2. The first-order valence-electron chi connectivity index (χ1n) is 8.95. The number of piperidine rings is 1. The molecule has 0 spiro atoms. The summed E-state index contributed by atoms with van der Waals surface area (Å²) in [6.45, 7) is 3.83. The number of nitrogens with zero attached hydrogens (tertiary/aromatic N) is 3. The van der Waals surface area contributed by atoms with Gasteiger partial charge in [-0.25, -0.2) is 9.48 Å². The highest BCUT2D eigenvalue weighted by Crippen LogP contribution is 2.18. The highest BCUT2D eigenvalue weighted by molar-refractivity contribution is 5.76. The van der Waals surface area contributed by atoms with Gasteiger partial charge in [-0.15, -0.1) is 0 Å². The summed E-state index contributed by atoms with van der Waals surface area (Å²) in [5.74, 6) is -0.237. The quantitative estimate of drug-likeness (QED) is 0.835. The van der Waals surface area contributed by atoms with Crippen molar-refractivity contribution in [2.45, 2.75) is 26.3 Å². The van der Waals surface area contributed by atoms with Crippen molar-refractivity contribution in [2.75, 3.05) is 19.7 Å². The zero-order chi connectivity index (χ0) is 18.4. The van der Waals surface area contributed by atoms with Crippen molar-refractivity contribution in [1.82, 2.24) is 20.0 Å². The van der Waals surface area contributed by atoms with E-state index in [9.17, 15) is 9.59 Å². The number of aromatic nitrogens is 2. The Morgan fingerprint density at radius 1 is 1.23 bits per heavy atom. The van der Waals surface area contributed by atoms with E-state index in [1.54, 1.807) is 15.8 Å². The minimum atomic E-state index is -0.148. The van der Waals surface area contributed by atoms with Gasteiger partial charge in [0.05, 0.1) is 18.2 Å². The Labute approximate surface area is 152 Å². The highest BCUT2D eigenvalue weighted by atomic mass is 16.5. The van der Waals surface area contributed by atoms with Crippen LogP contribution in [0.4, 0.5) is 4.79 Å². The fraction of sp³-hybridized carbons (Fsp3) is 0.421. The second-order valence-corrected chi connectivity index (χ2v) is 6.29. The molecule has 0 aliphatic carbocycles. The number of ether oxygens (including phenoxy) is 1. The van der Waals surface area contributed by atoms with Gasteiger partial charge in [-0.1, -0.05) is 12.1 Å². The summed E-state index contributed by atoms with van der Waals surface area (Å²) in [5, 5.41) is 7.13. The lowest BCUT2D eigenvalue weighted by Gasteiger charge is -2.30. The van der Waals surface area contributed by atoms with Crippen LogP contribution in [0.2, 0.25) is 0 Å². The van der Waals surface area contributed by atoms with Gasteiger partial charge in [0.25, 0.3) is 0 Å². The maximum absolute atomic E-state index is 12.3. The highest BCUT2D eigenvalue weighted by Gasteiger charge is 2.27. The first kappa shape index (κ1) is 18.0. The number of likely N-dealkylation sites (tertiary alicyclic amines) is 1. The van der Waals surface area contributed by atoms with Crippen LogP contribution in [0.3, 0.4) is 0 Å². The van der Waals surface area contributed by atoms with Crippen LogP contribution in [-0.2, 0) is 16.1 Å². The maximum atomic E-state index is 12.3. The normalized spacial score (nSPS) is 14.9. The van der Waals surface area contributed by atoms with Gasteiger partial charge in [-0.05, 0) is 43.5 Å². The molecule has 0 atom stereocenters. The van der Waals surface area contributed by atoms with Gasteiger partial charge >= 0.3 is 12.0 Å². The van der Waals surface area contributed by atoms with E-state index in [1.807, 2.05) is 43.5 Å². The molecule has 1 aromatic carbocycles. The van der Waals surface area contributed by atoms with E-state index in [2.05, 4.69) is 10.4 Å².